The van der Waals surface area contributed by atoms with E-state index in [1.54, 1.807) is 13.8 Å². The number of carbonyl (C=O) groups is 1. The largest absolute Gasteiger partial charge is 0.355 e. The van der Waals surface area contributed by atoms with Gasteiger partial charge in [0.2, 0.25) is 15.9 Å². The first-order chi connectivity index (χ1) is 8.83. The van der Waals surface area contributed by atoms with Gasteiger partial charge in [-0.05, 0) is 22.0 Å². The van der Waals surface area contributed by atoms with Gasteiger partial charge in [-0.3, -0.25) is 9.78 Å². The molecule has 0 radical (unpaired) electrons. The van der Waals surface area contributed by atoms with Gasteiger partial charge in [-0.15, -0.1) is 0 Å². The highest BCUT2D eigenvalue weighted by molar-refractivity contribution is 9.10. The Balaban J connectivity index is 2.51. The number of amides is 1. The average Bonchev–Trinajstić information content (AvgIpc) is 2.34. The molecule has 0 aliphatic heterocycles. The predicted octanol–water partition coefficient (Wildman–Crippen LogP) is 0.895. The molecule has 0 bridgehead atoms. The molecule has 1 aromatic heterocycles. The lowest BCUT2D eigenvalue weighted by molar-refractivity contribution is -0.123. The van der Waals surface area contributed by atoms with Crippen molar-refractivity contribution in [3.63, 3.8) is 0 Å². The highest BCUT2D eigenvalue weighted by Gasteiger charge is 2.14. The first kappa shape index (κ1) is 16.1. The topological polar surface area (TPSA) is 88.2 Å². The number of pyridine rings is 1. The van der Waals surface area contributed by atoms with Gasteiger partial charge in [-0.25, -0.2) is 13.1 Å². The van der Waals surface area contributed by atoms with Crippen LogP contribution in [0.15, 0.2) is 27.8 Å². The maximum Gasteiger partial charge on any atom is 0.242 e. The fourth-order valence-electron chi connectivity index (χ4n) is 1.20. The monoisotopic (exact) mass is 349 g/mol. The van der Waals surface area contributed by atoms with Crippen LogP contribution in [-0.2, 0) is 14.8 Å². The first-order valence-electron chi connectivity index (χ1n) is 5.71. The van der Waals surface area contributed by atoms with Gasteiger partial charge in [-0.1, -0.05) is 13.8 Å². The fraction of sp³-hybridized carbons (Fsp3) is 0.455. The van der Waals surface area contributed by atoms with Crippen LogP contribution in [0.1, 0.15) is 13.8 Å². The molecule has 0 saturated carbocycles. The van der Waals surface area contributed by atoms with Crippen LogP contribution in [0.4, 0.5) is 0 Å². The van der Waals surface area contributed by atoms with Crippen molar-refractivity contribution in [2.45, 2.75) is 18.7 Å². The summed E-state index contributed by atoms with van der Waals surface area (Å²) < 4.78 is 26.7. The number of halogens is 1. The second kappa shape index (κ2) is 6.97. The number of hydrogen-bond donors (Lipinski definition) is 2. The van der Waals surface area contributed by atoms with Crippen molar-refractivity contribution in [2.75, 3.05) is 13.1 Å². The summed E-state index contributed by atoms with van der Waals surface area (Å²) in [5.41, 5.74) is 0. The number of rotatable bonds is 6. The Labute approximate surface area is 121 Å². The number of sulfonamides is 1. The molecule has 19 heavy (non-hydrogen) atoms. The highest BCUT2D eigenvalue weighted by Crippen LogP contribution is 2.13. The molecular weight excluding hydrogens is 334 g/mol. The van der Waals surface area contributed by atoms with Gasteiger partial charge >= 0.3 is 0 Å². The van der Waals surface area contributed by atoms with Gasteiger partial charge in [0.1, 0.15) is 4.90 Å². The normalized spacial score (nSPS) is 11.6. The van der Waals surface area contributed by atoms with E-state index in [4.69, 9.17) is 0 Å². The third kappa shape index (κ3) is 5.25. The van der Waals surface area contributed by atoms with Crippen LogP contribution in [0.5, 0.6) is 0 Å². The number of nitrogens with one attached hydrogen (secondary N) is 2. The maximum absolute atomic E-state index is 11.9. The third-order valence-electron chi connectivity index (χ3n) is 2.23. The molecule has 0 aliphatic carbocycles. The van der Waals surface area contributed by atoms with Crippen molar-refractivity contribution in [3.05, 3.63) is 22.9 Å². The molecule has 0 aromatic carbocycles. The quantitative estimate of drug-likeness (QED) is 0.746. The Morgan fingerprint density at radius 2 is 2.05 bits per heavy atom. The van der Waals surface area contributed by atoms with Crippen LogP contribution in [0.3, 0.4) is 0 Å². The first-order valence-corrected chi connectivity index (χ1v) is 7.98. The average molecular weight is 350 g/mol. The van der Waals surface area contributed by atoms with Gasteiger partial charge in [0.05, 0.1) is 0 Å². The van der Waals surface area contributed by atoms with Crippen LogP contribution in [0.25, 0.3) is 0 Å². The molecule has 0 aliphatic rings. The van der Waals surface area contributed by atoms with E-state index in [9.17, 15) is 13.2 Å². The van der Waals surface area contributed by atoms with Crippen LogP contribution in [0, 0.1) is 5.92 Å². The Hall–Kier alpha value is -0.990. The Kier molecular flexibility index (Phi) is 5.89. The van der Waals surface area contributed by atoms with Crippen molar-refractivity contribution < 1.29 is 13.2 Å². The number of hydrogen-bond acceptors (Lipinski definition) is 4. The van der Waals surface area contributed by atoms with Gasteiger partial charge < -0.3 is 5.32 Å². The molecule has 0 fully saturated rings. The molecule has 2 N–H and O–H groups in total. The van der Waals surface area contributed by atoms with Gasteiger partial charge in [-0.2, -0.15) is 0 Å². The minimum atomic E-state index is -3.59. The van der Waals surface area contributed by atoms with Crippen LogP contribution in [-0.4, -0.2) is 32.4 Å². The molecule has 0 atom stereocenters. The van der Waals surface area contributed by atoms with Gasteiger partial charge in [0, 0.05) is 35.9 Å². The van der Waals surface area contributed by atoms with Crippen LogP contribution >= 0.6 is 15.9 Å². The minimum absolute atomic E-state index is 0.0806. The van der Waals surface area contributed by atoms with Crippen molar-refractivity contribution in [3.8, 4) is 0 Å². The summed E-state index contributed by atoms with van der Waals surface area (Å²) in [6.07, 6.45) is 2.77. The third-order valence-corrected chi connectivity index (χ3v) is 4.09. The van der Waals surface area contributed by atoms with Crippen molar-refractivity contribution in [1.29, 1.82) is 0 Å². The lowest BCUT2D eigenvalue weighted by atomic mass is 10.2. The summed E-state index contributed by atoms with van der Waals surface area (Å²) in [5.74, 6) is -0.228. The smallest absolute Gasteiger partial charge is 0.242 e. The molecule has 106 valence electrons. The number of aromatic nitrogens is 1. The van der Waals surface area contributed by atoms with E-state index in [-0.39, 0.29) is 29.8 Å². The van der Waals surface area contributed by atoms with E-state index >= 15 is 0 Å². The Bertz CT molecular complexity index is 546. The van der Waals surface area contributed by atoms with Gasteiger partial charge in [0.15, 0.2) is 0 Å². The summed E-state index contributed by atoms with van der Waals surface area (Å²) in [4.78, 5) is 15.2. The summed E-state index contributed by atoms with van der Waals surface area (Å²) >= 11 is 3.16. The second-order valence-electron chi connectivity index (χ2n) is 4.18. The zero-order valence-corrected chi connectivity index (χ0v) is 13.1. The predicted molar refractivity (Wildman–Crippen MR) is 75.0 cm³/mol. The molecule has 8 heteroatoms. The molecule has 1 amide bonds. The molecule has 0 spiro atoms. The summed E-state index contributed by atoms with van der Waals surface area (Å²) in [6.45, 7) is 3.92. The van der Waals surface area contributed by atoms with Crippen molar-refractivity contribution >= 4 is 31.9 Å². The van der Waals surface area contributed by atoms with Crippen molar-refractivity contribution in [1.82, 2.24) is 15.0 Å². The Morgan fingerprint density at radius 1 is 1.37 bits per heavy atom. The van der Waals surface area contributed by atoms with E-state index < -0.39 is 10.0 Å². The van der Waals surface area contributed by atoms with Crippen LogP contribution < -0.4 is 10.0 Å². The van der Waals surface area contributed by atoms with E-state index in [1.165, 1.54) is 18.5 Å². The second-order valence-corrected chi connectivity index (χ2v) is 6.86. The maximum atomic E-state index is 11.9. The fourth-order valence-corrected chi connectivity index (χ4v) is 2.73. The molecule has 0 unspecified atom stereocenters. The lowest BCUT2D eigenvalue weighted by Gasteiger charge is -2.09. The van der Waals surface area contributed by atoms with Crippen molar-refractivity contribution in [2.24, 2.45) is 5.92 Å². The minimum Gasteiger partial charge on any atom is -0.355 e. The molecule has 6 nitrogen and oxygen atoms in total. The molecule has 1 aromatic rings. The number of nitrogens with zero attached hydrogens (tertiary/aromatic N) is 1. The Morgan fingerprint density at radius 3 is 2.63 bits per heavy atom. The highest BCUT2D eigenvalue weighted by atomic mass is 79.9. The molecule has 1 rings (SSSR count). The summed E-state index contributed by atoms with van der Waals surface area (Å²) in [7, 11) is -3.59. The SMILES string of the molecule is CC(C)C(=O)NCCNS(=O)(=O)c1cncc(Br)c1. The van der Waals surface area contributed by atoms with E-state index in [0.29, 0.717) is 4.47 Å². The summed E-state index contributed by atoms with van der Waals surface area (Å²) in [6, 6.07) is 1.46. The van der Waals surface area contributed by atoms with E-state index in [0.717, 1.165) is 0 Å². The van der Waals surface area contributed by atoms with Gasteiger partial charge in [0.25, 0.3) is 0 Å². The molecular formula is C11H16BrN3O3S. The standard InChI is InChI=1S/C11H16BrN3O3S/c1-8(2)11(16)14-3-4-15-19(17,18)10-5-9(12)6-13-7-10/h5-8,15H,3-4H2,1-2H3,(H,14,16). The zero-order chi connectivity index (χ0) is 14.5. The summed E-state index contributed by atoms with van der Waals surface area (Å²) in [5, 5.41) is 2.63. The zero-order valence-electron chi connectivity index (χ0n) is 10.7. The van der Waals surface area contributed by atoms with E-state index in [2.05, 4.69) is 31.0 Å². The molecule has 1 heterocycles. The lowest BCUT2D eigenvalue weighted by Crippen LogP contribution is -2.36. The van der Waals surface area contributed by atoms with Crippen LogP contribution in [0.2, 0.25) is 0 Å². The number of carbonyl (C=O) groups excluding carboxylic acids is 1. The molecule has 0 saturated heterocycles. The van der Waals surface area contributed by atoms with E-state index in [1.807, 2.05) is 0 Å².